The van der Waals surface area contributed by atoms with Gasteiger partial charge in [-0.05, 0) is 18.2 Å². The first-order valence-electron chi connectivity index (χ1n) is 4.43. The molecular formula is C11H7FO4. The smallest absolute Gasteiger partial charge is 0.345 e. The van der Waals surface area contributed by atoms with Crippen molar-refractivity contribution in [3.05, 3.63) is 46.1 Å². The zero-order chi connectivity index (χ0) is 11.7. The van der Waals surface area contributed by atoms with E-state index in [0.717, 1.165) is 19.4 Å². The second-order valence-corrected chi connectivity index (χ2v) is 3.11. The van der Waals surface area contributed by atoms with Crippen LogP contribution in [-0.4, -0.2) is 13.1 Å². The molecule has 0 saturated carbocycles. The van der Waals surface area contributed by atoms with Gasteiger partial charge in [-0.15, -0.1) is 0 Å². The van der Waals surface area contributed by atoms with Crippen molar-refractivity contribution in [2.75, 3.05) is 7.11 Å². The zero-order valence-electron chi connectivity index (χ0n) is 8.32. The molecular weight excluding hydrogens is 215 g/mol. The molecule has 1 aromatic heterocycles. The Morgan fingerprint density at radius 2 is 2.19 bits per heavy atom. The first kappa shape index (κ1) is 10.4. The van der Waals surface area contributed by atoms with Gasteiger partial charge in [0.1, 0.15) is 23.2 Å². The normalized spacial score (nSPS) is 10.4. The van der Waals surface area contributed by atoms with E-state index in [-0.39, 0.29) is 16.5 Å². The van der Waals surface area contributed by atoms with Crippen LogP contribution in [0.1, 0.15) is 10.4 Å². The van der Waals surface area contributed by atoms with Crippen molar-refractivity contribution >= 4 is 16.9 Å². The average Bonchev–Trinajstić information content (AvgIpc) is 2.29. The topological polar surface area (TPSA) is 56.5 Å². The SMILES string of the molecule is COC(=O)c1coc2ccc(F)cc2c1=O. The van der Waals surface area contributed by atoms with Crippen LogP contribution in [-0.2, 0) is 4.74 Å². The Morgan fingerprint density at radius 1 is 1.44 bits per heavy atom. The number of ether oxygens (including phenoxy) is 1. The third-order valence-electron chi connectivity index (χ3n) is 2.14. The Bertz CT molecular complexity index is 615. The molecule has 16 heavy (non-hydrogen) atoms. The lowest BCUT2D eigenvalue weighted by atomic mass is 10.2. The molecule has 2 aromatic rings. The van der Waals surface area contributed by atoms with Gasteiger partial charge in [-0.25, -0.2) is 9.18 Å². The molecule has 82 valence electrons. The Kier molecular flexibility index (Phi) is 2.44. The summed E-state index contributed by atoms with van der Waals surface area (Å²) in [5.41, 5.74) is -0.632. The summed E-state index contributed by atoms with van der Waals surface area (Å²) in [6.07, 6.45) is 1.01. The van der Waals surface area contributed by atoms with Crippen molar-refractivity contribution in [1.29, 1.82) is 0 Å². The summed E-state index contributed by atoms with van der Waals surface area (Å²) >= 11 is 0. The van der Waals surface area contributed by atoms with Crippen molar-refractivity contribution in [3.8, 4) is 0 Å². The van der Waals surface area contributed by atoms with E-state index >= 15 is 0 Å². The fraction of sp³-hybridized carbons (Fsp3) is 0.0909. The average molecular weight is 222 g/mol. The molecule has 0 fully saturated rings. The molecule has 5 heteroatoms. The van der Waals surface area contributed by atoms with E-state index in [0.29, 0.717) is 0 Å². The van der Waals surface area contributed by atoms with Gasteiger partial charge in [-0.3, -0.25) is 4.79 Å². The largest absolute Gasteiger partial charge is 0.465 e. The van der Waals surface area contributed by atoms with Crippen molar-refractivity contribution in [2.24, 2.45) is 0 Å². The molecule has 0 amide bonds. The molecule has 0 aliphatic heterocycles. The molecule has 0 atom stereocenters. The number of rotatable bonds is 1. The molecule has 0 bridgehead atoms. The number of methoxy groups -OCH3 is 1. The van der Waals surface area contributed by atoms with E-state index in [1.54, 1.807) is 0 Å². The summed E-state index contributed by atoms with van der Waals surface area (Å²) < 4.78 is 22.4. The fourth-order valence-electron chi connectivity index (χ4n) is 1.35. The van der Waals surface area contributed by atoms with E-state index in [1.807, 2.05) is 0 Å². The minimum absolute atomic E-state index is 0.0166. The molecule has 0 N–H and O–H groups in total. The summed E-state index contributed by atoms with van der Waals surface area (Å²) in [6.45, 7) is 0. The first-order valence-corrected chi connectivity index (χ1v) is 4.43. The highest BCUT2D eigenvalue weighted by atomic mass is 19.1. The molecule has 2 rings (SSSR count). The fourth-order valence-corrected chi connectivity index (χ4v) is 1.35. The Morgan fingerprint density at radius 3 is 2.88 bits per heavy atom. The Labute approximate surface area is 89.2 Å². The number of carbonyl (C=O) groups excluding carboxylic acids is 1. The van der Waals surface area contributed by atoms with Gasteiger partial charge in [0.05, 0.1) is 12.5 Å². The molecule has 0 saturated heterocycles. The van der Waals surface area contributed by atoms with Gasteiger partial charge in [0.2, 0.25) is 5.43 Å². The van der Waals surface area contributed by atoms with Gasteiger partial charge in [-0.2, -0.15) is 0 Å². The molecule has 1 heterocycles. The van der Waals surface area contributed by atoms with Crippen molar-refractivity contribution in [2.45, 2.75) is 0 Å². The minimum Gasteiger partial charge on any atom is -0.465 e. The van der Waals surface area contributed by atoms with Gasteiger partial charge < -0.3 is 9.15 Å². The van der Waals surface area contributed by atoms with Crippen LogP contribution >= 0.6 is 0 Å². The maximum absolute atomic E-state index is 12.9. The lowest BCUT2D eigenvalue weighted by molar-refractivity contribution is 0.0597. The van der Waals surface area contributed by atoms with E-state index in [1.165, 1.54) is 12.1 Å². The Hall–Kier alpha value is -2.17. The van der Waals surface area contributed by atoms with Crippen molar-refractivity contribution in [3.63, 3.8) is 0 Å². The van der Waals surface area contributed by atoms with Crippen LogP contribution in [0.15, 0.2) is 33.7 Å². The van der Waals surface area contributed by atoms with E-state index in [2.05, 4.69) is 4.74 Å². The number of carbonyl (C=O) groups is 1. The Balaban J connectivity index is 2.78. The molecule has 0 radical (unpaired) electrons. The van der Waals surface area contributed by atoms with Crippen molar-refractivity contribution < 1.29 is 18.3 Å². The van der Waals surface area contributed by atoms with E-state index in [4.69, 9.17) is 4.42 Å². The van der Waals surface area contributed by atoms with Gasteiger partial charge in [0.25, 0.3) is 0 Å². The highest BCUT2D eigenvalue weighted by Gasteiger charge is 2.14. The number of esters is 1. The zero-order valence-corrected chi connectivity index (χ0v) is 8.32. The maximum atomic E-state index is 12.9. The van der Waals surface area contributed by atoms with Crippen LogP contribution < -0.4 is 5.43 Å². The summed E-state index contributed by atoms with van der Waals surface area (Å²) in [5.74, 6) is -1.37. The number of hydrogen-bond donors (Lipinski definition) is 0. The number of halogens is 1. The van der Waals surface area contributed by atoms with Crippen LogP contribution in [0.5, 0.6) is 0 Å². The van der Waals surface area contributed by atoms with Gasteiger partial charge >= 0.3 is 5.97 Å². The second-order valence-electron chi connectivity index (χ2n) is 3.11. The van der Waals surface area contributed by atoms with Gasteiger partial charge in [0, 0.05) is 0 Å². The molecule has 4 nitrogen and oxygen atoms in total. The van der Waals surface area contributed by atoms with Gasteiger partial charge in [-0.1, -0.05) is 0 Å². The first-order chi connectivity index (χ1) is 7.63. The molecule has 0 unspecified atom stereocenters. The molecule has 0 aliphatic carbocycles. The number of hydrogen-bond acceptors (Lipinski definition) is 4. The second kappa shape index (κ2) is 3.77. The summed E-state index contributed by atoms with van der Waals surface area (Å²) in [4.78, 5) is 22.9. The maximum Gasteiger partial charge on any atom is 0.345 e. The molecule has 0 spiro atoms. The number of benzene rings is 1. The summed E-state index contributed by atoms with van der Waals surface area (Å²) in [5, 5.41) is 0.0166. The van der Waals surface area contributed by atoms with Gasteiger partial charge in [0.15, 0.2) is 0 Å². The summed E-state index contributed by atoms with van der Waals surface area (Å²) in [7, 11) is 1.15. The number of fused-ring (bicyclic) bond motifs is 1. The quantitative estimate of drug-likeness (QED) is 0.689. The standard InChI is InChI=1S/C11H7FO4/c1-15-11(14)8-5-16-9-3-2-6(12)4-7(9)10(8)13/h2-5H,1H3. The minimum atomic E-state index is -0.806. The highest BCUT2D eigenvalue weighted by molar-refractivity contribution is 5.92. The molecule has 1 aromatic carbocycles. The monoisotopic (exact) mass is 222 g/mol. The highest BCUT2D eigenvalue weighted by Crippen LogP contribution is 2.13. The van der Waals surface area contributed by atoms with Crippen LogP contribution in [0.2, 0.25) is 0 Å². The van der Waals surface area contributed by atoms with E-state index < -0.39 is 17.2 Å². The lowest BCUT2D eigenvalue weighted by Gasteiger charge is -2.00. The third-order valence-corrected chi connectivity index (χ3v) is 2.14. The predicted octanol–water partition coefficient (Wildman–Crippen LogP) is 1.72. The predicted molar refractivity (Wildman–Crippen MR) is 53.8 cm³/mol. The molecule has 0 aliphatic rings. The van der Waals surface area contributed by atoms with Crippen LogP contribution in [0, 0.1) is 5.82 Å². The lowest BCUT2D eigenvalue weighted by Crippen LogP contribution is -2.15. The van der Waals surface area contributed by atoms with Crippen LogP contribution in [0.3, 0.4) is 0 Å². The van der Waals surface area contributed by atoms with E-state index in [9.17, 15) is 14.0 Å². The van der Waals surface area contributed by atoms with Crippen LogP contribution in [0.4, 0.5) is 4.39 Å². The third kappa shape index (κ3) is 1.56. The summed E-state index contributed by atoms with van der Waals surface area (Å²) in [6, 6.07) is 3.52. The van der Waals surface area contributed by atoms with Crippen molar-refractivity contribution in [1.82, 2.24) is 0 Å². The van der Waals surface area contributed by atoms with Crippen LogP contribution in [0.25, 0.3) is 11.0 Å².